The molecule has 1 amide bonds. The summed E-state index contributed by atoms with van der Waals surface area (Å²) in [6, 6.07) is 3.12. The number of nitro benzene ring substituents is 1. The molecule has 1 aromatic carbocycles. The predicted octanol–water partition coefficient (Wildman–Crippen LogP) is 2.34. The summed E-state index contributed by atoms with van der Waals surface area (Å²) in [5.41, 5.74) is -0.189. The number of hydrogen-bond acceptors (Lipinski definition) is 4. The molecule has 2 aliphatic rings. The van der Waals surface area contributed by atoms with Gasteiger partial charge in [0.2, 0.25) is 0 Å². The molecule has 1 spiro atoms. The molecule has 6 nitrogen and oxygen atoms in total. The Labute approximate surface area is 133 Å². The maximum Gasteiger partial charge on any atom is 0.285 e. The first-order valence-electron chi connectivity index (χ1n) is 7.95. The average molecular weight is 321 g/mol. The molecule has 2 saturated heterocycles. The lowest BCUT2D eigenvalue weighted by molar-refractivity contribution is -0.385. The number of nitro groups is 1. The van der Waals surface area contributed by atoms with Crippen LogP contribution in [0.2, 0.25) is 0 Å². The van der Waals surface area contributed by atoms with Crippen LogP contribution in [-0.4, -0.2) is 41.9 Å². The van der Waals surface area contributed by atoms with Crippen molar-refractivity contribution >= 4 is 11.6 Å². The number of likely N-dealkylation sites (tertiary alicyclic amines) is 1. The molecule has 7 heteroatoms. The molecule has 0 bridgehead atoms. The van der Waals surface area contributed by atoms with Crippen molar-refractivity contribution in [3.05, 3.63) is 39.7 Å². The second-order valence-electron chi connectivity index (χ2n) is 6.46. The highest BCUT2D eigenvalue weighted by molar-refractivity contribution is 5.98. The third-order valence-corrected chi connectivity index (χ3v) is 5.16. The highest BCUT2D eigenvalue weighted by Gasteiger charge is 2.37. The summed E-state index contributed by atoms with van der Waals surface area (Å²) in [7, 11) is 0. The molecule has 0 unspecified atom stereocenters. The third-order valence-electron chi connectivity index (χ3n) is 5.16. The van der Waals surface area contributed by atoms with Gasteiger partial charge in [-0.2, -0.15) is 0 Å². The van der Waals surface area contributed by atoms with Crippen molar-refractivity contribution in [2.24, 2.45) is 5.41 Å². The molecule has 124 valence electrons. The monoisotopic (exact) mass is 321 g/mol. The van der Waals surface area contributed by atoms with E-state index in [2.05, 4.69) is 5.32 Å². The van der Waals surface area contributed by atoms with E-state index in [4.69, 9.17) is 0 Å². The number of halogens is 1. The fourth-order valence-electron chi connectivity index (χ4n) is 3.65. The lowest BCUT2D eigenvalue weighted by Crippen LogP contribution is -2.47. The van der Waals surface area contributed by atoms with Crippen molar-refractivity contribution in [3.8, 4) is 0 Å². The van der Waals surface area contributed by atoms with E-state index in [0.717, 1.165) is 50.9 Å². The van der Waals surface area contributed by atoms with Crippen LogP contribution < -0.4 is 5.32 Å². The standard InChI is InChI=1S/C16H20FN3O3/c17-12-1-2-13(14(11-12)20(22)23)15(21)19-9-5-16(6-10-19)3-7-18-8-4-16/h1-2,11,18H,3-10H2. The summed E-state index contributed by atoms with van der Waals surface area (Å²) in [5.74, 6) is -1.08. The van der Waals surface area contributed by atoms with Crippen LogP contribution in [0, 0.1) is 21.3 Å². The lowest BCUT2D eigenvalue weighted by atomic mass is 9.71. The number of amides is 1. The van der Waals surface area contributed by atoms with Gasteiger partial charge >= 0.3 is 0 Å². The van der Waals surface area contributed by atoms with Crippen molar-refractivity contribution in [1.82, 2.24) is 10.2 Å². The Morgan fingerprint density at radius 1 is 1.22 bits per heavy atom. The Kier molecular flexibility index (Phi) is 4.30. The van der Waals surface area contributed by atoms with Gasteiger partial charge < -0.3 is 10.2 Å². The quantitative estimate of drug-likeness (QED) is 0.670. The van der Waals surface area contributed by atoms with Crippen molar-refractivity contribution in [3.63, 3.8) is 0 Å². The molecule has 2 heterocycles. The predicted molar refractivity (Wildman–Crippen MR) is 82.7 cm³/mol. The van der Waals surface area contributed by atoms with E-state index < -0.39 is 16.4 Å². The smallest absolute Gasteiger partial charge is 0.285 e. The highest BCUT2D eigenvalue weighted by Crippen LogP contribution is 2.40. The van der Waals surface area contributed by atoms with Crippen LogP contribution in [0.3, 0.4) is 0 Å². The first-order valence-corrected chi connectivity index (χ1v) is 7.95. The second-order valence-corrected chi connectivity index (χ2v) is 6.46. The SMILES string of the molecule is O=C(c1ccc(F)cc1[N+](=O)[O-])N1CCC2(CCNCC2)CC1. The normalized spacial score (nSPS) is 20.5. The third kappa shape index (κ3) is 3.19. The Morgan fingerprint density at radius 2 is 1.87 bits per heavy atom. The number of nitrogens with zero attached hydrogens (tertiary/aromatic N) is 2. The molecule has 1 N–H and O–H groups in total. The van der Waals surface area contributed by atoms with Crippen molar-refractivity contribution in [2.75, 3.05) is 26.2 Å². The van der Waals surface area contributed by atoms with Gasteiger partial charge in [-0.15, -0.1) is 0 Å². The van der Waals surface area contributed by atoms with Gasteiger partial charge in [-0.05, 0) is 56.3 Å². The summed E-state index contributed by atoms with van der Waals surface area (Å²) in [4.78, 5) is 24.6. The Hall–Kier alpha value is -2.02. The summed E-state index contributed by atoms with van der Waals surface area (Å²) >= 11 is 0. The Bertz CT molecular complexity index is 619. The molecule has 2 fully saturated rings. The lowest BCUT2D eigenvalue weighted by Gasteiger charge is -2.44. The Morgan fingerprint density at radius 3 is 2.48 bits per heavy atom. The molecule has 0 aliphatic carbocycles. The van der Waals surface area contributed by atoms with Gasteiger partial charge in [0.25, 0.3) is 11.6 Å². The van der Waals surface area contributed by atoms with Crippen LogP contribution in [0.5, 0.6) is 0 Å². The van der Waals surface area contributed by atoms with Gasteiger partial charge in [-0.1, -0.05) is 0 Å². The van der Waals surface area contributed by atoms with E-state index in [-0.39, 0.29) is 11.5 Å². The molecule has 3 rings (SSSR count). The van der Waals surface area contributed by atoms with E-state index in [1.807, 2.05) is 0 Å². The Balaban J connectivity index is 1.74. The van der Waals surface area contributed by atoms with Crippen LogP contribution in [0.1, 0.15) is 36.0 Å². The zero-order valence-electron chi connectivity index (χ0n) is 12.9. The maximum atomic E-state index is 13.2. The van der Waals surface area contributed by atoms with Gasteiger partial charge in [-0.25, -0.2) is 4.39 Å². The summed E-state index contributed by atoms with van der Waals surface area (Å²) in [6.07, 6.45) is 4.09. The van der Waals surface area contributed by atoms with Gasteiger partial charge in [0, 0.05) is 13.1 Å². The summed E-state index contributed by atoms with van der Waals surface area (Å²) in [5, 5.41) is 14.4. The van der Waals surface area contributed by atoms with Crippen molar-refractivity contribution < 1.29 is 14.1 Å². The minimum atomic E-state index is -0.708. The molecule has 0 aromatic heterocycles. The van der Waals surface area contributed by atoms with Crippen LogP contribution >= 0.6 is 0 Å². The highest BCUT2D eigenvalue weighted by atomic mass is 19.1. The zero-order chi connectivity index (χ0) is 16.4. The number of carbonyl (C=O) groups is 1. The number of piperidine rings is 2. The molecule has 0 atom stereocenters. The molecule has 1 aromatic rings. The minimum absolute atomic E-state index is 0.0299. The topological polar surface area (TPSA) is 75.5 Å². The van der Waals surface area contributed by atoms with E-state index in [0.29, 0.717) is 18.5 Å². The van der Waals surface area contributed by atoms with Crippen LogP contribution in [0.25, 0.3) is 0 Å². The molecule has 23 heavy (non-hydrogen) atoms. The van der Waals surface area contributed by atoms with Gasteiger partial charge in [0.15, 0.2) is 0 Å². The first-order chi connectivity index (χ1) is 11.0. The van der Waals surface area contributed by atoms with Gasteiger partial charge in [-0.3, -0.25) is 14.9 Å². The second kappa shape index (κ2) is 6.23. The van der Waals surface area contributed by atoms with Crippen molar-refractivity contribution in [2.45, 2.75) is 25.7 Å². The van der Waals surface area contributed by atoms with Crippen LogP contribution in [0.4, 0.5) is 10.1 Å². The van der Waals surface area contributed by atoms with Crippen molar-refractivity contribution in [1.29, 1.82) is 0 Å². The summed E-state index contributed by atoms with van der Waals surface area (Å²) < 4.78 is 13.2. The largest absolute Gasteiger partial charge is 0.338 e. The number of nitrogens with one attached hydrogen (secondary N) is 1. The zero-order valence-corrected chi connectivity index (χ0v) is 12.9. The molecular formula is C16H20FN3O3. The molecule has 2 aliphatic heterocycles. The fourth-order valence-corrected chi connectivity index (χ4v) is 3.65. The molecule has 0 saturated carbocycles. The maximum absolute atomic E-state index is 13.2. The number of carbonyl (C=O) groups excluding carboxylic acids is 1. The first kappa shape index (κ1) is 15.9. The van der Waals surface area contributed by atoms with Gasteiger partial charge in [0.1, 0.15) is 11.4 Å². The fraction of sp³-hybridized carbons (Fsp3) is 0.562. The van der Waals surface area contributed by atoms with Crippen LogP contribution in [-0.2, 0) is 0 Å². The van der Waals surface area contributed by atoms with E-state index in [9.17, 15) is 19.3 Å². The van der Waals surface area contributed by atoms with Gasteiger partial charge in [0.05, 0.1) is 11.0 Å². The summed E-state index contributed by atoms with van der Waals surface area (Å²) in [6.45, 7) is 3.23. The van der Waals surface area contributed by atoms with E-state index in [1.54, 1.807) is 4.90 Å². The molecule has 0 radical (unpaired) electrons. The average Bonchev–Trinajstić information content (AvgIpc) is 2.55. The number of benzene rings is 1. The number of hydrogen-bond donors (Lipinski definition) is 1. The van der Waals surface area contributed by atoms with E-state index >= 15 is 0 Å². The van der Waals surface area contributed by atoms with E-state index in [1.165, 1.54) is 6.07 Å². The molecular weight excluding hydrogens is 301 g/mol. The minimum Gasteiger partial charge on any atom is -0.338 e. The van der Waals surface area contributed by atoms with Crippen LogP contribution in [0.15, 0.2) is 18.2 Å². The number of rotatable bonds is 2.